The van der Waals surface area contributed by atoms with Crippen molar-refractivity contribution in [2.45, 2.75) is 38.8 Å². The first-order chi connectivity index (χ1) is 14.7. The molecule has 31 heavy (non-hydrogen) atoms. The Hall–Kier alpha value is -3.23. The number of Topliss-reactive ketones (excluding diaryl/α,β-unsaturated/α-hetero) is 1. The van der Waals surface area contributed by atoms with Crippen molar-refractivity contribution in [1.82, 2.24) is 14.6 Å². The first kappa shape index (κ1) is 21.0. The molecule has 4 rings (SSSR count). The number of anilines is 1. The van der Waals surface area contributed by atoms with Crippen molar-refractivity contribution in [1.29, 1.82) is 0 Å². The summed E-state index contributed by atoms with van der Waals surface area (Å²) in [6.07, 6.45) is -0.451. The van der Waals surface area contributed by atoms with E-state index in [1.54, 1.807) is 18.3 Å². The third kappa shape index (κ3) is 4.76. The molecule has 0 spiro atoms. The van der Waals surface area contributed by atoms with Crippen LogP contribution in [0, 0.1) is 12.8 Å². The highest BCUT2D eigenvalue weighted by Gasteiger charge is 2.27. The maximum atomic E-state index is 12.5. The van der Waals surface area contributed by atoms with Crippen LogP contribution < -0.4 is 5.32 Å². The molecule has 0 amide bonds. The fourth-order valence-corrected chi connectivity index (χ4v) is 3.54. The number of ketones is 1. The number of benzene rings is 1. The molecule has 1 saturated carbocycles. The van der Waals surface area contributed by atoms with Crippen LogP contribution >= 0.6 is 0 Å². The Labute approximate surface area is 176 Å². The lowest BCUT2D eigenvalue weighted by Gasteiger charge is -2.11. The number of nitrogens with one attached hydrogen (secondary N) is 1. The summed E-state index contributed by atoms with van der Waals surface area (Å²) in [5.41, 5.74) is 3.49. The molecular weight excluding hydrogens is 409 g/mol. The van der Waals surface area contributed by atoms with E-state index in [2.05, 4.69) is 15.4 Å². The molecule has 0 aliphatic heterocycles. The molecule has 1 aliphatic rings. The van der Waals surface area contributed by atoms with Crippen LogP contribution in [0.4, 0.5) is 18.9 Å². The van der Waals surface area contributed by atoms with Crippen molar-refractivity contribution in [2.24, 2.45) is 5.92 Å². The van der Waals surface area contributed by atoms with Gasteiger partial charge in [-0.1, -0.05) is 12.1 Å². The highest BCUT2D eigenvalue weighted by Crippen LogP contribution is 2.34. The van der Waals surface area contributed by atoms with Gasteiger partial charge in [-0.05, 0) is 43.4 Å². The van der Waals surface area contributed by atoms with E-state index in [9.17, 15) is 22.8 Å². The second-order valence-corrected chi connectivity index (χ2v) is 7.87. The van der Waals surface area contributed by atoms with E-state index < -0.39 is 12.6 Å². The first-order valence-electron chi connectivity index (χ1n) is 10.0. The Morgan fingerprint density at radius 3 is 2.71 bits per heavy atom. The van der Waals surface area contributed by atoms with Crippen LogP contribution in [0.25, 0.3) is 16.9 Å². The van der Waals surface area contributed by atoms with Crippen LogP contribution in [0.3, 0.4) is 0 Å². The number of rotatable bonds is 8. The molecule has 0 atom stereocenters. The van der Waals surface area contributed by atoms with E-state index in [-0.39, 0.29) is 18.0 Å². The molecule has 1 N–H and O–H groups in total. The highest BCUT2D eigenvalue weighted by molar-refractivity contribution is 5.98. The first-order valence-corrected chi connectivity index (χ1v) is 10.0. The third-order valence-electron chi connectivity index (χ3n) is 5.32. The van der Waals surface area contributed by atoms with Crippen molar-refractivity contribution < 1.29 is 22.8 Å². The van der Waals surface area contributed by atoms with Gasteiger partial charge < -0.3 is 5.32 Å². The zero-order valence-corrected chi connectivity index (χ0v) is 16.9. The quantitative estimate of drug-likeness (QED) is 0.408. The summed E-state index contributed by atoms with van der Waals surface area (Å²) in [5.74, 6) is 0.627. The number of carbonyl (C=O) groups is 2. The summed E-state index contributed by atoms with van der Waals surface area (Å²) in [7, 11) is 0. The molecule has 0 unspecified atom stereocenters. The monoisotopic (exact) mass is 430 g/mol. The predicted molar refractivity (Wildman–Crippen MR) is 109 cm³/mol. The summed E-state index contributed by atoms with van der Waals surface area (Å²) >= 11 is 0. The molecule has 0 radical (unpaired) electrons. The summed E-state index contributed by atoms with van der Waals surface area (Å²) < 4.78 is 38.9. The van der Waals surface area contributed by atoms with Gasteiger partial charge in [-0.25, -0.2) is 9.50 Å². The highest BCUT2D eigenvalue weighted by atomic mass is 19.4. The molecule has 3 aromatic rings. The second-order valence-electron chi connectivity index (χ2n) is 7.87. The summed E-state index contributed by atoms with van der Waals surface area (Å²) in [5, 5.41) is 6.94. The molecule has 6 nitrogen and oxygen atoms in total. The second kappa shape index (κ2) is 8.13. The Bertz CT molecular complexity index is 1150. The standard InChI is InChI=1S/C22H21F3N4O2/c1-13-8-15(4-5-17(13)20(31)9-14-2-3-14)19-11-27-21-18(26-7-6-22(23,24)25)10-16(12-30)28-29(19)21/h4-5,8,10-12,14,26H,2-3,6-7,9H2,1H3. The number of halogens is 3. The van der Waals surface area contributed by atoms with E-state index in [4.69, 9.17) is 0 Å². The van der Waals surface area contributed by atoms with E-state index in [1.807, 2.05) is 13.0 Å². The molecule has 0 saturated heterocycles. The number of aldehydes is 1. The van der Waals surface area contributed by atoms with Crippen molar-refractivity contribution in [3.05, 3.63) is 47.3 Å². The van der Waals surface area contributed by atoms with Crippen LogP contribution in [0.5, 0.6) is 0 Å². The Morgan fingerprint density at radius 2 is 2.06 bits per heavy atom. The molecular formula is C22H21F3N4O2. The normalized spacial score (nSPS) is 14.1. The lowest BCUT2D eigenvalue weighted by Crippen LogP contribution is -2.15. The molecule has 1 aliphatic carbocycles. The van der Waals surface area contributed by atoms with Gasteiger partial charge in [0.05, 0.1) is 24.0 Å². The van der Waals surface area contributed by atoms with Crippen molar-refractivity contribution in [2.75, 3.05) is 11.9 Å². The van der Waals surface area contributed by atoms with E-state index in [0.29, 0.717) is 41.2 Å². The maximum Gasteiger partial charge on any atom is 0.390 e. The zero-order chi connectivity index (χ0) is 22.2. The minimum absolute atomic E-state index is 0.0641. The molecule has 9 heteroatoms. The molecule has 0 bridgehead atoms. The smallest absolute Gasteiger partial charge is 0.382 e. The molecule has 2 heterocycles. The Morgan fingerprint density at radius 1 is 1.29 bits per heavy atom. The van der Waals surface area contributed by atoms with Crippen LogP contribution in [-0.4, -0.2) is 39.4 Å². The van der Waals surface area contributed by atoms with E-state index >= 15 is 0 Å². The number of fused-ring (bicyclic) bond motifs is 1. The van der Waals surface area contributed by atoms with Gasteiger partial charge in [-0.3, -0.25) is 9.59 Å². The number of alkyl halides is 3. The largest absolute Gasteiger partial charge is 0.390 e. The Balaban J connectivity index is 1.66. The van der Waals surface area contributed by atoms with Crippen LogP contribution in [0.1, 0.15) is 52.1 Å². The Kier molecular flexibility index (Phi) is 5.51. The third-order valence-corrected chi connectivity index (χ3v) is 5.32. The molecule has 162 valence electrons. The van der Waals surface area contributed by atoms with Gasteiger partial charge in [0.2, 0.25) is 0 Å². The van der Waals surface area contributed by atoms with Crippen molar-refractivity contribution in [3.63, 3.8) is 0 Å². The van der Waals surface area contributed by atoms with Gasteiger partial charge >= 0.3 is 6.18 Å². The fourth-order valence-electron chi connectivity index (χ4n) is 3.54. The number of aryl methyl sites for hydroxylation is 1. The fraction of sp³-hybridized carbons (Fsp3) is 0.364. The predicted octanol–water partition coefficient (Wildman–Crippen LogP) is 4.86. The average Bonchev–Trinajstić information content (AvgIpc) is 3.41. The lowest BCUT2D eigenvalue weighted by atomic mass is 9.98. The summed E-state index contributed by atoms with van der Waals surface area (Å²) in [6.45, 7) is 1.52. The van der Waals surface area contributed by atoms with E-state index in [1.165, 1.54) is 10.6 Å². The van der Waals surface area contributed by atoms with Gasteiger partial charge in [0.1, 0.15) is 5.69 Å². The van der Waals surface area contributed by atoms with Gasteiger partial charge in [0.15, 0.2) is 17.7 Å². The number of hydrogen-bond donors (Lipinski definition) is 1. The minimum Gasteiger partial charge on any atom is -0.382 e. The lowest BCUT2D eigenvalue weighted by molar-refractivity contribution is -0.131. The van der Waals surface area contributed by atoms with Crippen LogP contribution in [0.2, 0.25) is 0 Å². The zero-order valence-electron chi connectivity index (χ0n) is 16.9. The van der Waals surface area contributed by atoms with Gasteiger partial charge in [-0.15, -0.1) is 0 Å². The van der Waals surface area contributed by atoms with Crippen molar-refractivity contribution in [3.8, 4) is 11.3 Å². The molecule has 1 fully saturated rings. The van der Waals surface area contributed by atoms with Crippen molar-refractivity contribution >= 4 is 23.4 Å². The number of imidazole rings is 1. The maximum absolute atomic E-state index is 12.5. The van der Waals surface area contributed by atoms with Crippen LogP contribution in [0.15, 0.2) is 30.5 Å². The van der Waals surface area contributed by atoms with Crippen LogP contribution in [-0.2, 0) is 0 Å². The molecule has 1 aromatic carbocycles. The average molecular weight is 430 g/mol. The van der Waals surface area contributed by atoms with E-state index in [0.717, 1.165) is 24.0 Å². The number of hydrogen-bond acceptors (Lipinski definition) is 5. The topological polar surface area (TPSA) is 76.4 Å². The summed E-state index contributed by atoms with van der Waals surface area (Å²) in [6, 6.07) is 6.80. The van der Waals surface area contributed by atoms with Gasteiger partial charge in [0, 0.05) is 24.1 Å². The van der Waals surface area contributed by atoms with Gasteiger partial charge in [-0.2, -0.15) is 18.3 Å². The van der Waals surface area contributed by atoms with Gasteiger partial charge in [0.25, 0.3) is 0 Å². The number of aromatic nitrogens is 3. The summed E-state index contributed by atoms with van der Waals surface area (Å²) in [4.78, 5) is 28.1. The number of nitrogens with zero attached hydrogens (tertiary/aromatic N) is 3. The molecule has 2 aromatic heterocycles. The SMILES string of the molecule is Cc1cc(-c2cnc3c(NCCC(F)(F)F)cc(C=O)nn23)ccc1C(=O)CC1CC1. The number of carbonyl (C=O) groups excluding carboxylic acids is 2. The minimum atomic E-state index is -4.29.